The largest absolute Gasteiger partial charge is 0.494 e. The van der Waals surface area contributed by atoms with Gasteiger partial charge in [-0.25, -0.2) is 4.98 Å². The van der Waals surface area contributed by atoms with Crippen LogP contribution in [0.2, 0.25) is 0 Å². The molecule has 0 atom stereocenters. The topological polar surface area (TPSA) is 43.4 Å². The summed E-state index contributed by atoms with van der Waals surface area (Å²) >= 11 is 0. The normalized spacial score (nSPS) is 10.6. The van der Waals surface area contributed by atoms with E-state index < -0.39 is 0 Å². The van der Waals surface area contributed by atoms with Crippen molar-refractivity contribution in [3.8, 4) is 11.5 Å². The van der Waals surface area contributed by atoms with Crippen molar-refractivity contribution >= 4 is 22.3 Å². The van der Waals surface area contributed by atoms with Crippen LogP contribution in [0, 0.1) is 6.92 Å². The van der Waals surface area contributed by atoms with Crippen LogP contribution in [0.5, 0.6) is 11.5 Å². The molecule has 0 aliphatic heterocycles. The van der Waals surface area contributed by atoms with Gasteiger partial charge in [-0.15, -0.1) is 0 Å². The van der Waals surface area contributed by atoms with Crippen molar-refractivity contribution in [1.29, 1.82) is 0 Å². The average molecular weight is 308 g/mol. The Morgan fingerprint density at radius 3 is 2.57 bits per heavy atom. The lowest BCUT2D eigenvalue weighted by molar-refractivity contribution is 0.342. The van der Waals surface area contributed by atoms with E-state index in [0.717, 1.165) is 39.5 Å². The zero-order chi connectivity index (χ0) is 16.2. The number of ether oxygens (including phenoxy) is 2. The Labute approximate surface area is 136 Å². The molecule has 4 nitrogen and oxygen atoms in total. The molecule has 3 rings (SSSR count). The van der Waals surface area contributed by atoms with Gasteiger partial charge in [0.15, 0.2) is 0 Å². The second-order valence-electron chi connectivity index (χ2n) is 5.22. The fourth-order valence-electron chi connectivity index (χ4n) is 2.61. The van der Waals surface area contributed by atoms with E-state index in [1.165, 1.54) is 0 Å². The van der Waals surface area contributed by atoms with Crippen LogP contribution in [-0.2, 0) is 0 Å². The molecule has 0 fully saturated rings. The van der Waals surface area contributed by atoms with E-state index in [-0.39, 0.29) is 0 Å². The number of nitrogens with one attached hydrogen (secondary N) is 1. The molecule has 0 spiro atoms. The van der Waals surface area contributed by atoms with Gasteiger partial charge in [-0.1, -0.05) is 24.3 Å². The summed E-state index contributed by atoms with van der Waals surface area (Å²) in [5.74, 6) is 1.60. The Balaban J connectivity index is 2.10. The Morgan fingerprint density at radius 1 is 1.00 bits per heavy atom. The van der Waals surface area contributed by atoms with Crippen LogP contribution in [0.25, 0.3) is 10.9 Å². The molecule has 1 heterocycles. The molecule has 2 aromatic carbocycles. The van der Waals surface area contributed by atoms with Gasteiger partial charge in [-0.2, -0.15) is 0 Å². The minimum Gasteiger partial charge on any atom is -0.494 e. The zero-order valence-corrected chi connectivity index (χ0v) is 13.6. The van der Waals surface area contributed by atoms with Crippen LogP contribution in [-0.4, -0.2) is 18.7 Å². The minimum absolute atomic E-state index is 0.628. The van der Waals surface area contributed by atoms with Crippen molar-refractivity contribution in [1.82, 2.24) is 4.98 Å². The smallest absolute Gasteiger partial charge is 0.145 e. The Morgan fingerprint density at radius 2 is 1.78 bits per heavy atom. The van der Waals surface area contributed by atoms with Crippen molar-refractivity contribution in [2.75, 3.05) is 19.0 Å². The molecule has 0 saturated carbocycles. The number of para-hydroxylation sites is 3. The van der Waals surface area contributed by atoms with Crippen molar-refractivity contribution in [2.24, 2.45) is 0 Å². The van der Waals surface area contributed by atoms with Gasteiger partial charge < -0.3 is 14.8 Å². The molecular formula is C19H20N2O2. The second kappa shape index (κ2) is 6.57. The van der Waals surface area contributed by atoms with Crippen LogP contribution in [0.1, 0.15) is 12.6 Å². The third-order valence-corrected chi connectivity index (χ3v) is 3.61. The molecule has 118 valence electrons. The fraction of sp³-hybridized carbons (Fsp3) is 0.211. The molecule has 0 amide bonds. The molecule has 0 aliphatic rings. The molecular weight excluding hydrogens is 288 g/mol. The van der Waals surface area contributed by atoms with Crippen molar-refractivity contribution in [3.63, 3.8) is 0 Å². The highest BCUT2D eigenvalue weighted by Gasteiger charge is 2.10. The maximum Gasteiger partial charge on any atom is 0.145 e. The number of rotatable bonds is 5. The molecule has 0 saturated heterocycles. The highest BCUT2D eigenvalue weighted by atomic mass is 16.5. The molecule has 0 aliphatic carbocycles. The van der Waals surface area contributed by atoms with E-state index in [4.69, 9.17) is 9.47 Å². The second-order valence-corrected chi connectivity index (χ2v) is 5.22. The summed E-state index contributed by atoms with van der Waals surface area (Å²) < 4.78 is 11.1. The molecule has 0 bridgehead atoms. The van der Waals surface area contributed by atoms with Gasteiger partial charge in [0.05, 0.1) is 19.4 Å². The van der Waals surface area contributed by atoms with E-state index >= 15 is 0 Å². The van der Waals surface area contributed by atoms with Gasteiger partial charge in [-0.05, 0) is 38.1 Å². The summed E-state index contributed by atoms with van der Waals surface area (Å²) in [5.41, 5.74) is 3.70. The third-order valence-electron chi connectivity index (χ3n) is 3.61. The molecule has 0 unspecified atom stereocenters. The number of hydrogen-bond acceptors (Lipinski definition) is 4. The predicted octanol–water partition coefficient (Wildman–Crippen LogP) is 4.69. The number of methoxy groups -OCH3 is 1. The number of fused-ring (bicyclic) bond motifs is 1. The Kier molecular flexibility index (Phi) is 4.33. The van der Waals surface area contributed by atoms with E-state index in [1.807, 2.05) is 62.4 Å². The number of aromatic nitrogens is 1. The van der Waals surface area contributed by atoms with E-state index in [9.17, 15) is 0 Å². The van der Waals surface area contributed by atoms with Crippen LogP contribution in [0.15, 0.2) is 48.5 Å². The first-order chi connectivity index (χ1) is 11.2. The maximum absolute atomic E-state index is 5.69. The van der Waals surface area contributed by atoms with Crippen LogP contribution >= 0.6 is 0 Å². The number of hydrogen-bond donors (Lipinski definition) is 1. The number of anilines is 2. The first kappa shape index (κ1) is 15.2. The lowest BCUT2D eigenvalue weighted by atomic mass is 10.1. The first-order valence-electron chi connectivity index (χ1n) is 7.66. The molecule has 1 aromatic heterocycles. The van der Waals surface area contributed by atoms with Crippen LogP contribution in [0.4, 0.5) is 11.4 Å². The fourth-order valence-corrected chi connectivity index (χ4v) is 2.61. The Bertz CT molecular complexity index is 831. The van der Waals surface area contributed by atoms with Crippen molar-refractivity contribution < 1.29 is 9.47 Å². The summed E-state index contributed by atoms with van der Waals surface area (Å²) in [4.78, 5) is 4.61. The molecule has 3 aromatic rings. The van der Waals surface area contributed by atoms with Crippen molar-refractivity contribution in [3.05, 3.63) is 54.2 Å². The van der Waals surface area contributed by atoms with Gasteiger partial charge in [0, 0.05) is 16.8 Å². The molecule has 1 N–H and O–H groups in total. The van der Waals surface area contributed by atoms with Crippen LogP contribution in [0.3, 0.4) is 0 Å². The SMILES string of the molecule is CCOc1ccccc1Nc1cc(C)nc2c(OC)cccc12. The summed E-state index contributed by atoms with van der Waals surface area (Å²) in [6.07, 6.45) is 0. The van der Waals surface area contributed by atoms with E-state index in [1.54, 1.807) is 7.11 Å². The van der Waals surface area contributed by atoms with E-state index in [0.29, 0.717) is 6.61 Å². The highest BCUT2D eigenvalue weighted by Crippen LogP contribution is 2.34. The first-order valence-corrected chi connectivity index (χ1v) is 7.66. The summed E-state index contributed by atoms with van der Waals surface area (Å²) in [6.45, 7) is 4.59. The Hall–Kier alpha value is -2.75. The van der Waals surface area contributed by atoms with Crippen molar-refractivity contribution in [2.45, 2.75) is 13.8 Å². The number of benzene rings is 2. The third kappa shape index (κ3) is 3.06. The standard InChI is InChI=1S/C19H20N2O2/c1-4-23-17-10-6-5-9-15(17)21-16-12-13(2)20-19-14(16)8-7-11-18(19)22-3/h5-12H,4H2,1-3H3,(H,20,21). The molecule has 0 radical (unpaired) electrons. The monoisotopic (exact) mass is 308 g/mol. The molecule has 4 heteroatoms. The summed E-state index contributed by atoms with van der Waals surface area (Å²) in [6, 6.07) is 15.9. The average Bonchev–Trinajstić information content (AvgIpc) is 2.56. The molecule has 23 heavy (non-hydrogen) atoms. The number of nitrogens with zero attached hydrogens (tertiary/aromatic N) is 1. The van der Waals surface area contributed by atoms with Gasteiger partial charge in [0.2, 0.25) is 0 Å². The maximum atomic E-state index is 5.69. The number of aryl methyl sites for hydroxylation is 1. The van der Waals surface area contributed by atoms with Crippen LogP contribution < -0.4 is 14.8 Å². The van der Waals surface area contributed by atoms with Gasteiger partial charge in [0.1, 0.15) is 17.0 Å². The number of pyridine rings is 1. The summed E-state index contributed by atoms with van der Waals surface area (Å²) in [5, 5.41) is 4.49. The minimum atomic E-state index is 0.628. The van der Waals surface area contributed by atoms with Gasteiger partial charge in [0.25, 0.3) is 0 Å². The van der Waals surface area contributed by atoms with Gasteiger partial charge in [-0.3, -0.25) is 0 Å². The highest BCUT2D eigenvalue weighted by molar-refractivity contribution is 5.96. The summed E-state index contributed by atoms with van der Waals surface area (Å²) in [7, 11) is 1.66. The van der Waals surface area contributed by atoms with E-state index in [2.05, 4.69) is 10.3 Å². The lowest BCUT2D eigenvalue weighted by Gasteiger charge is -2.15. The lowest BCUT2D eigenvalue weighted by Crippen LogP contribution is -1.99. The predicted molar refractivity (Wildman–Crippen MR) is 93.9 cm³/mol. The van der Waals surface area contributed by atoms with Gasteiger partial charge >= 0.3 is 0 Å². The zero-order valence-electron chi connectivity index (χ0n) is 13.6. The quantitative estimate of drug-likeness (QED) is 0.742.